The van der Waals surface area contributed by atoms with Gasteiger partial charge >= 0.3 is 0 Å². The van der Waals surface area contributed by atoms with Crippen molar-refractivity contribution in [3.8, 4) is 0 Å². The van der Waals surface area contributed by atoms with Gasteiger partial charge in [-0.25, -0.2) is 0 Å². The zero-order valence-electron chi connectivity index (χ0n) is 10.0. The van der Waals surface area contributed by atoms with Crippen molar-refractivity contribution in [2.45, 2.75) is 26.3 Å². The van der Waals surface area contributed by atoms with Gasteiger partial charge in [-0.15, -0.1) is 0 Å². The molecule has 84 valence electrons. The van der Waals surface area contributed by atoms with E-state index in [1.807, 2.05) is 12.1 Å². The Balaban J connectivity index is 3.05. The molecule has 1 nitrogen and oxygen atoms in total. The summed E-state index contributed by atoms with van der Waals surface area (Å²) in [7, 11) is 0. The summed E-state index contributed by atoms with van der Waals surface area (Å²) in [6.07, 6.45) is 4.47. The molecule has 1 aromatic rings. The molecular formula is C12H19ClNS+. The second-order valence-corrected chi connectivity index (χ2v) is 7.06. The molecule has 0 saturated heterocycles. The lowest BCUT2D eigenvalue weighted by Crippen LogP contribution is -2.44. The summed E-state index contributed by atoms with van der Waals surface area (Å²) in [6, 6.07) is 8.06. The van der Waals surface area contributed by atoms with E-state index < -0.39 is 0 Å². The van der Waals surface area contributed by atoms with E-state index >= 15 is 0 Å². The molecular weight excluding hydrogens is 226 g/mol. The molecule has 0 fully saturated rings. The van der Waals surface area contributed by atoms with Crippen LogP contribution in [-0.4, -0.2) is 18.1 Å². The van der Waals surface area contributed by atoms with Crippen LogP contribution in [0.5, 0.6) is 0 Å². The molecule has 0 unspecified atom stereocenters. The van der Waals surface area contributed by atoms with Gasteiger partial charge in [0.05, 0.1) is 22.3 Å². The van der Waals surface area contributed by atoms with Gasteiger partial charge in [-0.05, 0) is 45.0 Å². The van der Waals surface area contributed by atoms with Gasteiger partial charge in [0.1, 0.15) is 12.5 Å². The summed E-state index contributed by atoms with van der Waals surface area (Å²) in [5.74, 6) is 0. The van der Waals surface area contributed by atoms with Crippen molar-refractivity contribution in [2.24, 2.45) is 0 Å². The van der Waals surface area contributed by atoms with Gasteiger partial charge in [-0.1, -0.05) is 11.6 Å². The lowest BCUT2D eigenvalue weighted by atomic mass is 10.1. The van der Waals surface area contributed by atoms with E-state index in [4.69, 9.17) is 11.6 Å². The van der Waals surface area contributed by atoms with Crippen molar-refractivity contribution in [3.63, 3.8) is 0 Å². The average molecular weight is 245 g/mol. The van der Waals surface area contributed by atoms with Crippen LogP contribution >= 0.6 is 11.6 Å². The van der Waals surface area contributed by atoms with Crippen molar-refractivity contribution in [2.75, 3.05) is 16.8 Å². The molecule has 0 spiro atoms. The first-order chi connectivity index (χ1) is 6.82. The molecule has 15 heavy (non-hydrogen) atoms. The van der Waals surface area contributed by atoms with Crippen molar-refractivity contribution >= 4 is 28.4 Å². The fraction of sp³-hybridized carbons (Fsp3) is 0.500. The van der Waals surface area contributed by atoms with Crippen LogP contribution in [0.2, 0.25) is 5.02 Å². The van der Waals surface area contributed by atoms with E-state index in [1.165, 1.54) is 5.69 Å². The maximum absolute atomic E-state index is 5.89. The van der Waals surface area contributed by atoms with E-state index in [1.54, 1.807) is 0 Å². The summed E-state index contributed by atoms with van der Waals surface area (Å²) in [4.78, 5) is 0. The van der Waals surface area contributed by atoms with Gasteiger partial charge in [0.2, 0.25) is 0 Å². The van der Waals surface area contributed by atoms with Gasteiger partial charge in [0.25, 0.3) is 0 Å². The molecule has 0 amide bonds. The topological polar surface area (TPSA) is 3.24 Å². The highest BCUT2D eigenvalue weighted by Crippen LogP contribution is 2.27. The molecule has 0 N–H and O–H groups in total. The van der Waals surface area contributed by atoms with Gasteiger partial charge in [-0.3, -0.25) is 0 Å². The van der Waals surface area contributed by atoms with E-state index in [2.05, 4.69) is 49.7 Å². The minimum atomic E-state index is 0.139. The van der Waals surface area contributed by atoms with Crippen LogP contribution in [0.25, 0.3) is 0 Å². The zero-order valence-corrected chi connectivity index (χ0v) is 11.6. The van der Waals surface area contributed by atoms with Crippen LogP contribution in [0.4, 0.5) is 5.69 Å². The molecule has 0 radical (unpaired) electrons. The summed E-state index contributed by atoms with van der Waals surface area (Å²) in [5, 5.41) is 0.791. The number of halogens is 1. The molecule has 0 aliphatic heterocycles. The number of hydrogen-bond acceptors (Lipinski definition) is 1. The highest BCUT2D eigenvalue weighted by atomic mass is 35.5. The van der Waals surface area contributed by atoms with Crippen LogP contribution in [-0.2, 0) is 11.1 Å². The van der Waals surface area contributed by atoms with Crippen molar-refractivity contribution in [1.29, 1.82) is 0 Å². The minimum absolute atomic E-state index is 0.139. The van der Waals surface area contributed by atoms with Crippen LogP contribution in [0.15, 0.2) is 24.3 Å². The average Bonchev–Trinajstić information content (AvgIpc) is 2.05. The maximum Gasteiger partial charge on any atom is 0.122 e. The second kappa shape index (κ2) is 4.67. The standard InChI is InChI=1S/C12H19ClNS/c1-12(2,3)14(15(4)5)11-8-6-10(13)7-9-11/h6-9H,1-5H3/q+1. The molecule has 0 saturated carbocycles. The number of hydrogen-bond donors (Lipinski definition) is 0. The van der Waals surface area contributed by atoms with Crippen LogP contribution < -0.4 is 4.31 Å². The van der Waals surface area contributed by atoms with Crippen LogP contribution in [0.3, 0.4) is 0 Å². The van der Waals surface area contributed by atoms with Crippen molar-refractivity contribution in [1.82, 2.24) is 0 Å². The third kappa shape index (κ3) is 3.32. The molecule has 0 bridgehead atoms. The molecule has 0 aliphatic rings. The van der Waals surface area contributed by atoms with E-state index in [9.17, 15) is 0 Å². The molecule has 1 aromatic carbocycles. The maximum atomic E-state index is 5.89. The number of rotatable bonds is 2. The predicted octanol–water partition coefficient (Wildman–Crippen LogP) is 3.74. The van der Waals surface area contributed by atoms with Crippen LogP contribution in [0.1, 0.15) is 20.8 Å². The monoisotopic (exact) mass is 244 g/mol. The molecule has 0 aliphatic carbocycles. The Hall–Kier alpha value is -0.340. The molecule has 0 atom stereocenters. The molecule has 3 heteroatoms. The highest BCUT2D eigenvalue weighted by molar-refractivity contribution is 7.96. The smallest absolute Gasteiger partial charge is 0.122 e. The minimum Gasteiger partial charge on any atom is -0.190 e. The Labute approximate surface area is 101 Å². The normalized spacial score (nSPS) is 11.9. The highest BCUT2D eigenvalue weighted by Gasteiger charge is 2.31. The third-order valence-corrected chi connectivity index (χ3v) is 3.78. The first kappa shape index (κ1) is 12.7. The summed E-state index contributed by atoms with van der Waals surface area (Å²) in [6.45, 7) is 6.69. The number of nitrogens with zero attached hydrogens (tertiary/aromatic N) is 1. The first-order valence-corrected chi connectivity index (χ1v) is 7.33. The van der Waals surface area contributed by atoms with Gasteiger partial charge in [0, 0.05) is 5.02 Å². The fourth-order valence-corrected chi connectivity index (χ4v) is 3.49. The van der Waals surface area contributed by atoms with Gasteiger partial charge < -0.3 is 0 Å². The van der Waals surface area contributed by atoms with Crippen molar-refractivity contribution < 1.29 is 0 Å². The van der Waals surface area contributed by atoms with Gasteiger partial charge in [-0.2, -0.15) is 4.31 Å². The molecule has 0 aromatic heterocycles. The SMILES string of the molecule is C[S+](C)N(c1ccc(Cl)cc1)C(C)(C)C. The Morgan fingerprint density at radius 3 is 1.87 bits per heavy atom. The lowest BCUT2D eigenvalue weighted by molar-refractivity contribution is 0.587. The second-order valence-electron chi connectivity index (χ2n) is 4.72. The van der Waals surface area contributed by atoms with E-state index in [0.717, 1.165) is 5.02 Å². The Bertz CT molecular complexity index is 313. The summed E-state index contributed by atoms with van der Waals surface area (Å²) >= 11 is 6.10. The quantitative estimate of drug-likeness (QED) is 0.717. The zero-order chi connectivity index (χ0) is 11.6. The van der Waals surface area contributed by atoms with E-state index in [-0.39, 0.29) is 16.6 Å². The van der Waals surface area contributed by atoms with E-state index in [0.29, 0.717) is 0 Å². The Kier molecular flexibility index (Phi) is 3.96. The number of benzene rings is 1. The summed E-state index contributed by atoms with van der Waals surface area (Å²) < 4.78 is 2.42. The largest absolute Gasteiger partial charge is 0.190 e. The Morgan fingerprint density at radius 2 is 1.53 bits per heavy atom. The molecule has 0 heterocycles. The first-order valence-electron chi connectivity index (χ1n) is 4.96. The van der Waals surface area contributed by atoms with Crippen LogP contribution in [0, 0.1) is 0 Å². The fourth-order valence-electron chi connectivity index (χ4n) is 1.72. The van der Waals surface area contributed by atoms with Gasteiger partial charge in [0.15, 0.2) is 0 Å². The third-order valence-electron chi connectivity index (χ3n) is 2.04. The predicted molar refractivity (Wildman–Crippen MR) is 72.9 cm³/mol. The Morgan fingerprint density at radius 1 is 1.07 bits per heavy atom. The number of anilines is 1. The summed E-state index contributed by atoms with van der Waals surface area (Å²) in [5.41, 5.74) is 1.38. The van der Waals surface area contributed by atoms with Crippen molar-refractivity contribution in [3.05, 3.63) is 29.3 Å². The molecule has 1 rings (SSSR count). The lowest BCUT2D eigenvalue weighted by Gasteiger charge is -2.32.